The summed E-state index contributed by atoms with van der Waals surface area (Å²) in [4.78, 5) is 15.1. The van der Waals surface area contributed by atoms with E-state index in [-0.39, 0.29) is 6.09 Å². The van der Waals surface area contributed by atoms with Gasteiger partial charge in [-0.3, -0.25) is 0 Å². The third-order valence-corrected chi connectivity index (χ3v) is 21.1. The van der Waals surface area contributed by atoms with Gasteiger partial charge in [0.05, 0.1) is 0 Å². The van der Waals surface area contributed by atoms with Gasteiger partial charge in [-0.25, -0.2) is 0 Å². The Morgan fingerprint density at radius 2 is 1.54 bits per heavy atom. The van der Waals surface area contributed by atoms with E-state index in [0.717, 1.165) is 19.4 Å². The van der Waals surface area contributed by atoms with E-state index in [4.69, 9.17) is 4.74 Å². The number of carbonyl (C=O) groups is 1. The summed E-state index contributed by atoms with van der Waals surface area (Å²) in [5, 5.41) is 0. The van der Waals surface area contributed by atoms with Crippen molar-refractivity contribution < 1.29 is 9.53 Å². The fourth-order valence-electron chi connectivity index (χ4n) is 4.03. The van der Waals surface area contributed by atoms with Crippen LogP contribution in [-0.4, -0.2) is 41.5 Å². The van der Waals surface area contributed by atoms with E-state index in [9.17, 15) is 4.79 Å². The fourth-order valence-corrected chi connectivity index (χ4v) is 21.1. The van der Waals surface area contributed by atoms with E-state index in [1.54, 1.807) is 0 Å². The van der Waals surface area contributed by atoms with E-state index in [2.05, 4.69) is 31.7 Å². The number of ether oxygens (including phenoxy) is 1. The van der Waals surface area contributed by atoms with Crippen LogP contribution >= 0.6 is 0 Å². The van der Waals surface area contributed by atoms with Crippen LogP contribution in [0, 0.1) is 0 Å². The number of hydrogen-bond acceptors (Lipinski definition) is 2. The van der Waals surface area contributed by atoms with Gasteiger partial charge in [0.15, 0.2) is 0 Å². The Morgan fingerprint density at radius 1 is 1.04 bits per heavy atom. The molecule has 0 N–H and O–H groups in total. The summed E-state index contributed by atoms with van der Waals surface area (Å²) in [6.07, 6.45) is 12.3. The molecule has 1 heterocycles. The molecule has 1 aliphatic heterocycles. The molecule has 0 bridgehead atoms. The quantitative estimate of drug-likeness (QED) is 0.313. The van der Waals surface area contributed by atoms with Gasteiger partial charge in [0.1, 0.15) is 0 Å². The molecule has 0 saturated heterocycles. The van der Waals surface area contributed by atoms with Gasteiger partial charge in [-0.05, 0) is 0 Å². The molecule has 0 aromatic rings. The first kappa shape index (κ1) is 23.8. The average Bonchev–Trinajstić information content (AvgIpc) is 2.60. The van der Waals surface area contributed by atoms with E-state index in [1.807, 2.05) is 20.8 Å². The number of carbonyl (C=O) groups excluding carboxylic acids is 1. The van der Waals surface area contributed by atoms with E-state index >= 15 is 0 Å². The predicted molar refractivity (Wildman–Crippen MR) is 115 cm³/mol. The SMILES string of the molecule is CCC[CH2][Sn]([CH2]CCC)([CH2]CCC)[C]1=CCCCN1C(=O)OC(C)(C)C. The molecule has 0 atom stereocenters. The number of nitrogens with zero attached hydrogens (tertiary/aromatic N) is 1. The van der Waals surface area contributed by atoms with Gasteiger partial charge < -0.3 is 0 Å². The summed E-state index contributed by atoms with van der Waals surface area (Å²) >= 11 is -2.60. The van der Waals surface area contributed by atoms with Gasteiger partial charge in [0.25, 0.3) is 0 Å². The van der Waals surface area contributed by atoms with Gasteiger partial charge in [-0.2, -0.15) is 0 Å². The van der Waals surface area contributed by atoms with Crippen molar-refractivity contribution in [1.29, 1.82) is 0 Å². The summed E-state index contributed by atoms with van der Waals surface area (Å²) in [6.45, 7) is 13.7. The molecule has 0 saturated carbocycles. The second-order valence-corrected chi connectivity index (χ2v) is 22.0. The van der Waals surface area contributed by atoms with Gasteiger partial charge in [0, 0.05) is 0 Å². The Hall–Kier alpha value is -0.191. The van der Waals surface area contributed by atoms with Crippen molar-refractivity contribution in [2.75, 3.05) is 6.54 Å². The zero-order valence-corrected chi connectivity index (χ0v) is 21.2. The Labute approximate surface area is 166 Å². The number of hydrogen-bond donors (Lipinski definition) is 0. The van der Waals surface area contributed by atoms with Crippen molar-refractivity contribution in [2.45, 2.75) is 112 Å². The molecule has 1 aliphatic rings. The van der Waals surface area contributed by atoms with Crippen LogP contribution in [0.4, 0.5) is 4.79 Å². The predicted octanol–water partition coefficient (Wildman–Crippen LogP) is 7.29. The summed E-state index contributed by atoms with van der Waals surface area (Å²) in [7, 11) is 0. The summed E-state index contributed by atoms with van der Waals surface area (Å²) in [5.41, 5.74) is -0.423. The third-order valence-electron chi connectivity index (χ3n) is 5.40. The molecule has 0 radical (unpaired) electrons. The van der Waals surface area contributed by atoms with Crippen molar-refractivity contribution in [2.24, 2.45) is 0 Å². The Bertz CT molecular complexity index is 432. The van der Waals surface area contributed by atoms with Crippen LogP contribution < -0.4 is 0 Å². The first-order valence-electron chi connectivity index (χ1n) is 11.0. The number of amides is 1. The minimum absolute atomic E-state index is 0.103. The zero-order valence-electron chi connectivity index (χ0n) is 18.3. The van der Waals surface area contributed by atoms with E-state index in [0.29, 0.717) is 0 Å². The van der Waals surface area contributed by atoms with Crippen molar-refractivity contribution in [3.63, 3.8) is 0 Å². The topological polar surface area (TPSA) is 29.5 Å². The molecule has 0 aliphatic carbocycles. The van der Waals surface area contributed by atoms with Crippen LogP contribution in [0.15, 0.2) is 9.79 Å². The molecule has 1 rings (SSSR count). The van der Waals surface area contributed by atoms with Gasteiger partial charge >= 0.3 is 167 Å². The third kappa shape index (κ3) is 7.44. The zero-order chi connectivity index (χ0) is 19.6. The van der Waals surface area contributed by atoms with E-state index < -0.39 is 24.0 Å². The molecule has 0 spiro atoms. The van der Waals surface area contributed by atoms with Gasteiger partial charge in [-0.15, -0.1) is 0 Å². The molecule has 0 aromatic heterocycles. The summed E-state index contributed by atoms with van der Waals surface area (Å²) < 4.78 is 11.5. The number of rotatable bonds is 10. The summed E-state index contributed by atoms with van der Waals surface area (Å²) in [6, 6.07) is 0. The molecule has 4 heteroatoms. The van der Waals surface area contributed by atoms with Crippen molar-refractivity contribution in [1.82, 2.24) is 4.90 Å². The van der Waals surface area contributed by atoms with Crippen molar-refractivity contribution in [3.8, 4) is 0 Å². The van der Waals surface area contributed by atoms with Crippen LogP contribution in [0.1, 0.15) is 92.9 Å². The van der Waals surface area contributed by atoms with Crippen LogP contribution in [-0.2, 0) is 4.74 Å². The summed E-state index contributed by atoms with van der Waals surface area (Å²) in [5.74, 6) is 0. The fraction of sp³-hybridized carbons (Fsp3) is 0.864. The second kappa shape index (κ2) is 11.6. The number of allylic oxidation sites excluding steroid dienone is 1. The first-order chi connectivity index (χ1) is 12.3. The van der Waals surface area contributed by atoms with Crippen molar-refractivity contribution >= 4 is 24.5 Å². The minimum atomic E-state index is -2.60. The molecular weight excluding hydrogens is 429 g/mol. The molecular formula is C22H43NO2Sn. The molecule has 152 valence electrons. The average molecular weight is 472 g/mol. The molecule has 3 nitrogen and oxygen atoms in total. The second-order valence-electron chi connectivity index (χ2n) is 8.95. The molecule has 26 heavy (non-hydrogen) atoms. The Balaban J connectivity index is 3.18. The van der Waals surface area contributed by atoms with E-state index in [1.165, 1.54) is 55.5 Å². The Kier molecular flexibility index (Phi) is 10.6. The Morgan fingerprint density at radius 3 is 1.96 bits per heavy atom. The van der Waals surface area contributed by atoms with Crippen LogP contribution in [0.5, 0.6) is 0 Å². The molecule has 0 aromatic carbocycles. The van der Waals surface area contributed by atoms with Gasteiger partial charge in [0.2, 0.25) is 0 Å². The van der Waals surface area contributed by atoms with Crippen LogP contribution in [0.3, 0.4) is 0 Å². The van der Waals surface area contributed by atoms with Crippen molar-refractivity contribution in [3.05, 3.63) is 9.79 Å². The normalized spacial score (nSPS) is 15.8. The maximum absolute atomic E-state index is 13.0. The molecule has 0 unspecified atom stereocenters. The van der Waals surface area contributed by atoms with Crippen LogP contribution in [0.25, 0.3) is 0 Å². The first-order valence-corrected chi connectivity index (χ1v) is 18.5. The standard InChI is InChI=1S/C10H16NO2.3C4H9.Sn/c1-10(2,3)13-9(12)11-7-5-4-6-8-11;3*1-3-4-2;/h5H,4,6,8H2,1-3H3;3*1,3-4H2,2H3;. The molecule has 1 amide bonds. The van der Waals surface area contributed by atoms with Crippen LogP contribution in [0.2, 0.25) is 13.3 Å². The maximum atomic E-state index is 13.0. The molecule has 0 fully saturated rings. The number of unbranched alkanes of at least 4 members (excludes halogenated alkanes) is 3. The van der Waals surface area contributed by atoms with Gasteiger partial charge in [-0.1, -0.05) is 0 Å². The monoisotopic (exact) mass is 473 g/mol.